The van der Waals surface area contributed by atoms with Crippen molar-refractivity contribution in [2.45, 2.75) is 6.54 Å². The predicted molar refractivity (Wildman–Crippen MR) is 89.9 cm³/mol. The summed E-state index contributed by atoms with van der Waals surface area (Å²) in [4.78, 5) is 28.2. The first-order valence-corrected chi connectivity index (χ1v) is 8.57. The Morgan fingerprint density at radius 3 is 2.67 bits per heavy atom. The number of benzene rings is 1. The van der Waals surface area contributed by atoms with Gasteiger partial charge in [-0.1, -0.05) is 0 Å². The monoisotopic (exact) mass is 344 g/mol. The van der Waals surface area contributed by atoms with Crippen molar-refractivity contribution in [3.05, 3.63) is 40.1 Å². The first-order chi connectivity index (χ1) is 11.6. The molecule has 0 unspecified atom stereocenters. The third-order valence-electron chi connectivity index (χ3n) is 4.05. The summed E-state index contributed by atoms with van der Waals surface area (Å²) in [6, 6.07) is 5.39. The molecule has 0 atom stereocenters. The van der Waals surface area contributed by atoms with Gasteiger partial charge < -0.3 is 9.47 Å². The molecule has 0 spiro atoms. The Hall–Kier alpha value is -2.38. The number of ether oxygens (including phenoxy) is 2. The first kappa shape index (κ1) is 15.2. The molecule has 2 aromatic rings. The van der Waals surface area contributed by atoms with Crippen LogP contribution in [0, 0.1) is 0 Å². The van der Waals surface area contributed by atoms with Gasteiger partial charge >= 0.3 is 5.91 Å². The van der Waals surface area contributed by atoms with Gasteiger partial charge in [-0.2, -0.15) is 11.3 Å². The molecule has 0 N–H and O–H groups in total. The second-order valence-corrected chi connectivity index (χ2v) is 6.64. The van der Waals surface area contributed by atoms with E-state index in [0.717, 1.165) is 0 Å². The van der Waals surface area contributed by atoms with Crippen molar-refractivity contribution in [1.82, 2.24) is 4.90 Å². The van der Waals surface area contributed by atoms with E-state index < -0.39 is 11.7 Å². The van der Waals surface area contributed by atoms with Crippen LogP contribution >= 0.6 is 11.3 Å². The number of anilines is 1. The topological polar surface area (TPSA) is 59.1 Å². The summed E-state index contributed by atoms with van der Waals surface area (Å²) < 4.78 is 11.1. The molecule has 2 aliphatic heterocycles. The first-order valence-electron chi connectivity index (χ1n) is 7.63. The number of hydrogen-bond donors (Lipinski definition) is 0. The van der Waals surface area contributed by atoms with E-state index in [2.05, 4.69) is 5.38 Å². The van der Waals surface area contributed by atoms with E-state index in [1.165, 1.54) is 10.5 Å². The quantitative estimate of drug-likeness (QED) is 0.796. The molecule has 0 saturated carbocycles. The molecule has 0 aliphatic carbocycles. The lowest BCUT2D eigenvalue weighted by atomic mass is 10.1. The molecular formula is C17H16N2O4S. The molecule has 3 heterocycles. The highest BCUT2D eigenvalue weighted by Crippen LogP contribution is 2.40. The third-order valence-corrected chi connectivity index (χ3v) is 4.78. The molecule has 4 rings (SSSR count). The van der Waals surface area contributed by atoms with Crippen LogP contribution in [0.25, 0.3) is 0 Å². The third kappa shape index (κ3) is 2.55. The number of rotatable bonds is 4. The van der Waals surface area contributed by atoms with E-state index >= 15 is 0 Å². The Kier molecular flexibility index (Phi) is 3.74. The van der Waals surface area contributed by atoms with Crippen molar-refractivity contribution in [3.63, 3.8) is 0 Å². The van der Waals surface area contributed by atoms with Gasteiger partial charge in [0, 0.05) is 12.6 Å². The standard InChI is InChI=1S/C17H16N2O4S/c1-18(8-11-2-5-24-9-11)10-19-13-7-15-14(22-3-4-23-15)6-12(13)16(20)17(19)21/h2,5-7,9H,3-4,8,10H2,1H3. The lowest BCUT2D eigenvalue weighted by Crippen LogP contribution is -2.38. The van der Waals surface area contributed by atoms with Crippen LogP contribution in [0.15, 0.2) is 29.0 Å². The lowest BCUT2D eigenvalue weighted by Gasteiger charge is -2.25. The number of carbonyl (C=O) groups is 2. The minimum absolute atomic E-state index is 0.340. The van der Waals surface area contributed by atoms with Gasteiger partial charge in [-0.25, -0.2) is 0 Å². The number of Topliss-reactive ketones (excluding diaryl/α,β-unsaturated/α-hetero) is 1. The molecule has 24 heavy (non-hydrogen) atoms. The van der Waals surface area contributed by atoms with Gasteiger partial charge in [-0.15, -0.1) is 0 Å². The Labute approximate surface area is 143 Å². The van der Waals surface area contributed by atoms with Crippen LogP contribution in [0.3, 0.4) is 0 Å². The molecule has 0 saturated heterocycles. The highest BCUT2D eigenvalue weighted by Gasteiger charge is 2.38. The average Bonchev–Trinajstić information content (AvgIpc) is 3.16. The van der Waals surface area contributed by atoms with Crippen molar-refractivity contribution in [2.24, 2.45) is 0 Å². The summed E-state index contributed by atoms with van der Waals surface area (Å²) in [5.41, 5.74) is 2.16. The van der Waals surface area contributed by atoms with Gasteiger partial charge in [0.15, 0.2) is 11.5 Å². The molecule has 6 nitrogen and oxygen atoms in total. The van der Waals surface area contributed by atoms with Gasteiger partial charge in [0.05, 0.1) is 17.9 Å². The second kappa shape index (κ2) is 5.92. The summed E-state index contributed by atoms with van der Waals surface area (Å²) in [5.74, 6) is 0.0954. The molecule has 1 aromatic heterocycles. The zero-order chi connectivity index (χ0) is 16.7. The van der Waals surface area contributed by atoms with Gasteiger partial charge in [-0.3, -0.25) is 19.4 Å². The fraction of sp³-hybridized carbons (Fsp3) is 0.294. The molecule has 0 fully saturated rings. The summed E-state index contributed by atoms with van der Waals surface area (Å²) in [6.45, 7) is 1.96. The van der Waals surface area contributed by atoms with Crippen LogP contribution in [-0.4, -0.2) is 43.5 Å². The molecule has 7 heteroatoms. The lowest BCUT2D eigenvalue weighted by molar-refractivity contribution is -0.114. The van der Waals surface area contributed by atoms with Crippen LogP contribution < -0.4 is 14.4 Å². The number of hydrogen-bond acceptors (Lipinski definition) is 6. The highest BCUT2D eigenvalue weighted by molar-refractivity contribution is 7.07. The van der Waals surface area contributed by atoms with Gasteiger partial charge in [-0.05, 0) is 35.5 Å². The van der Waals surface area contributed by atoms with E-state index in [0.29, 0.717) is 49.2 Å². The Balaban J connectivity index is 1.60. The summed E-state index contributed by atoms with van der Waals surface area (Å²) in [7, 11) is 1.92. The van der Waals surface area contributed by atoms with Crippen LogP contribution in [0.5, 0.6) is 11.5 Å². The van der Waals surface area contributed by atoms with Crippen LogP contribution in [-0.2, 0) is 11.3 Å². The largest absolute Gasteiger partial charge is 0.486 e. The number of nitrogens with zero attached hydrogens (tertiary/aromatic N) is 2. The normalized spacial score (nSPS) is 16.0. The fourth-order valence-corrected chi connectivity index (χ4v) is 3.62. The fourth-order valence-electron chi connectivity index (χ4n) is 2.96. The molecule has 0 radical (unpaired) electrons. The van der Waals surface area contributed by atoms with Gasteiger partial charge in [0.25, 0.3) is 5.78 Å². The summed E-state index contributed by atoms with van der Waals surface area (Å²) in [6.07, 6.45) is 0. The van der Waals surface area contributed by atoms with E-state index in [1.807, 2.05) is 23.4 Å². The Morgan fingerprint density at radius 2 is 1.96 bits per heavy atom. The number of ketones is 1. The molecule has 0 bridgehead atoms. The average molecular weight is 344 g/mol. The molecule has 124 valence electrons. The Morgan fingerprint density at radius 1 is 1.21 bits per heavy atom. The smallest absolute Gasteiger partial charge is 0.300 e. The number of amides is 1. The zero-order valence-electron chi connectivity index (χ0n) is 13.2. The van der Waals surface area contributed by atoms with Crippen LogP contribution in [0.1, 0.15) is 15.9 Å². The van der Waals surface area contributed by atoms with Crippen molar-refractivity contribution < 1.29 is 19.1 Å². The summed E-state index contributed by atoms with van der Waals surface area (Å²) in [5, 5.41) is 4.09. The zero-order valence-corrected chi connectivity index (χ0v) is 14.0. The van der Waals surface area contributed by atoms with E-state index in [1.54, 1.807) is 23.5 Å². The van der Waals surface area contributed by atoms with Crippen molar-refractivity contribution in [3.8, 4) is 11.5 Å². The van der Waals surface area contributed by atoms with Crippen molar-refractivity contribution in [2.75, 3.05) is 31.8 Å². The maximum absolute atomic E-state index is 12.4. The second-order valence-electron chi connectivity index (χ2n) is 5.86. The minimum atomic E-state index is -0.510. The van der Waals surface area contributed by atoms with E-state index in [-0.39, 0.29) is 0 Å². The van der Waals surface area contributed by atoms with E-state index in [9.17, 15) is 9.59 Å². The van der Waals surface area contributed by atoms with Crippen LogP contribution in [0.4, 0.5) is 5.69 Å². The molecular weight excluding hydrogens is 328 g/mol. The van der Waals surface area contributed by atoms with E-state index in [4.69, 9.17) is 9.47 Å². The number of fused-ring (bicyclic) bond motifs is 2. The summed E-state index contributed by atoms with van der Waals surface area (Å²) >= 11 is 1.64. The van der Waals surface area contributed by atoms with Crippen molar-refractivity contribution in [1.29, 1.82) is 0 Å². The maximum atomic E-state index is 12.4. The van der Waals surface area contributed by atoms with Gasteiger partial charge in [0.1, 0.15) is 13.2 Å². The Bertz CT molecular complexity index is 803. The number of thiophene rings is 1. The predicted octanol–water partition coefficient (Wildman–Crippen LogP) is 2.14. The molecule has 1 aromatic carbocycles. The highest BCUT2D eigenvalue weighted by atomic mass is 32.1. The molecule has 1 amide bonds. The maximum Gasteiger partial charge on any atom is 0.300 e. The number of carbonyl (C=O) groups excluding carboxylic acids is 2. The SMILES string of the molecule is CN(Cc1ccsc1)CN1C(=O)C(=O)c2cc3c(cc21)OCCO3. The van der Waals surface area contributed by atoms with Gasteiger partial charge in [0.2, 0.25) is 0 Å². The van der Waals surface area contributed by atoms with Crippen molar-refractivity contribution >= 4 is 28.7 Å². The van der Waals surface area contributed by atoms with Crippen LogP contribution in [0.2, 0.25) is 0 Å². The molecule has 2 aliphatic rings. The minimum Gasteiger partial charge on any atom is -0.486 e.